The van der Waals surface area contributed by atoms with E-state index in [1.807, 2.05) is 18.2 Å². The molecule has 0 aromatic heterocycles. The number of carbonyl (C=O) groups is 2. The third-order valence-corrected chi connectivity index (χ3v) is 10.3. The highest BCUT2D eigenvalue weighted by Crippen LogP contribution is 2.29. The van der Waals surface area contributed by atoms with Gasteiger partial charge in [0.15, 0.2) is 5.78 Å². The molecule has 0 bridgehead atoms. The lowest BCUT2D eigenvalue weighted by atomic mass is 9.99. The molecule has 0 saturated heterocycles. The maximum atomic E-state index is 12.6. The van der Waals surface area contributed by atoms with Crippen molar-refractivity contribution in [3.63, 3.8) is 0 Å². The van der Waals surface area contributed by atoms with Crippen LogP contribution in [-0.4, -0.2) is 39.2 Å². The van der Waals surface area contributed by atoms with E-state index < -0.39 is 36.7 Å². The van der Waals surface area contributed by atoms with Gasteiger partial charge in [-0.2, -0.15) is 0 Å². The maximum Gasteiger partial charge on any atom is 0.643 e. The molecule has 0 radical (unpaired) electrons. The summed E-state index contributed by atoms with van der Waals surface area (Å²) in [6.07, 6.45) is 16.4. The van der Waals surface area contributed by atoms with Gasteiger partial charge in [-0.3, -0.25) is 9.59 Å². The number of hydrogen-bond acceptors (Lipinski definition) is 6. The number of carbonyl (C=O) groups excluding carboxylic acids is 2. The minimum absolute atomic E-state index is 0.00741. The van der Waals surface area contributed by atoms with E-state index in [-0.39, 0.29) is 36.7 Å². The molecule has 3 aliphatic rings. The zero-order valence-electron chi connectivity index (χ0n) is 25.4. The van der Waals surface area contributed by atoms with E-state index in [0.29, 0.717) is 5.56 Å². The summed E-state index contributed by atoms with van der Waals surface area (Å²) in [4.78, 5) is 22.7. The third kappa shape index (κ3) is 12.7. The van der Waals surface area contributed by atoms with Gasteiger partial charge in [0.05, 0.1) is 27.3 Å². The number of aryl methyl sites for hydroxylation is 2. The van der Waals surface area contributed by atoms with Crippen LogP contribution in [0.4, 0.5) is 0 Å². The molecular formula is C32H28AlCl6N2O6S2+. The number of primary sulfonamides is 2. The fourth-order valence-corrected chi connectivity index (χ4v) is 7.29. The number of fused-ring (bicyclic) bond motifs is 1. The fourth-order valence-electron chi connectivity index (χ4n) is 5.03. The maximum absolute atomic E-state index is 12.6. The van der Waals surface area contributed by atoms with Crippen LogP contribution in [-0.2, 0) is 32.9 Å². The molecule has 6 rings (SSSR count). The Bertz CT molecular complexity index is 2030. The number of allylic oxidation sites excluding steroid dienone is 6. The van der Waals surface area contributed by atoms with Crippen molar-refractivity contribution < 1.29 is 26.4 Å². The van der Waals surface area contributed by atoms with Gasteiger partial charge in [0.1, 0.15) is 21.9 Å². The second-order valence-corrected chi connectivity index (χ2v) is 21.3. The van der Waals surface area contributed by atoms with Gasteiger partial charge in [-0.25, -0.2) is 57.3 Å². The minimum atomic E-state index is -3.97. The molecule has 3 aliphatic carbocycles. The van der Waals surface area contributed by atoms with Gasteiger partial charge < -0.3 is 0 Å². The Labute approximate surface area is 317 Å². The summed E-state index contributed by atoms with van der Waals surface area (Å²) < 4.78 is 44.9. The van der Waals surface area contributed by atoms with Crippen LogP contribution in [0, 0.1) is 6.08 Å². The quantitative estimate of drug-likeness (QED) is 0.114. The van der Waals surface area contributed by atoms with E-state index in [1.54, 1.807) is 6.07 Å². The van der Waals surface area contributed by atoms with Crippen LogP contribution in [0.25, 0.3) is 0 Å². The van der Waals surface area contributed by atoms with Gasteiger partial charge in [0, 0.05) is 29.2 Å². The lowest BCUT2D eigenvalue weighted by Gasteiger charge is -2.07. The lowest BCUT2D eigenvalue weighted by molar-refractivity contribution is 0.103. The van der Waals surface area contributed by atoms with Gasteiger partial charge in [-0.1, -0.05) is 35.3 Å². The average Bonchev–Trinajstić information content (AvgIpc) is 3.70. The fraction of sp³-hybridized carbons (Fsp3) is 0.188. The highest BCUT2D eigenvalue weighted by molar-refractivity contribution is 7.89. The van der Waals surface area contributed by atoms with Crippen LogP contribution in [0.1, 0.15) is 63.1 Å². The number of rotatable bonds is 5. The predicted octanol–water partition coefficient (Wildman–Crippen LogP) is 8.16. The first kappa shape index (κ1) is 41.6. The van der Waals surface area contributed by atoms with E-state index in [4.69, 9.17) is 75.2 Å². The Balaban J connectivity index is 0.000000205. The molecule has 0 aliphatic heterocycles. The molecule has 0 unspecified atom stereocenters. The first-order chi connectivity index (χ1) is 22.9. The molecule has 49 heavy (non-hydrogen) atoms. The second kappa shape index (κ2) is 18.6. The number of nitrogens with two attached hydrogens (primary N) is 2. The number of hydrogen-bond donors (Lipinski definition) is 2. The van der Waals surface area contributed by atoms with E-state index in [9.17, 15) is 26.4 Å². The summed E-state index contributed by atoms with van der Waals surface area (Å²) in [5.74, 6) is -0.240. The standard InChI is InChI=1S/C16H14ClNO3S.C9H9.C7H5Cl2NO3S.Al.3ClH/c17-14-7-6-13(9-15(14)22(18,20)21)16(19)12-5-4-10-2-1-3-11(10)8-12;1-2-5-9-7-3-6-8(9)4-1;8-5-2-1-4(7(9)11)3-6(5)14(10,12)13;;;;/h4-9H,1-3H2,(H2,18,20,21);1,4-5H,3,6-7H2;1-3H,(H2,10,12,13);;3*1H/q;+1;;+3;;;/p-3. The van der Waals surface area contributed by atoms with Crippen molar-refractivity contribution in [1.29, 1.82) is 0 Å². The van der Waals surface area contributed by atoms with E-state index in [1.165, 1.54) is 71.9 Å². The van der Waals surface area contributed by atoms with Crippen LogP contribution >= 0.6 is 65.0 Å². The first-order valence-corrected chi connectivity index (χ1v) is 23.8. The molecular weight excluding hydrogens is 812 g/mol. The molecule has 8 nitrogen and oxygen atoms in total. The zero-order chi connectivity index (χ0) is 36.5. The Kier molecular flexibility index (Phi) is 15.8. The molecule has 0 spiro atoms. The Hall–Kier alpha value is -1.78. The Morgan fingerprint density at radius 3 is 1.69 bits per heavy atom. The molecule has 0 saturated carbocycles. The number of halogens is 6. The predicted molar refractivity (Wildman–Crippen MR) is 199 cm³/mol. The number of ketones is 1. The van der Waals surface area contributed by atoms with E-state index in [2.05, 4.69) is 18.2 Å². The van der Waals surface area contributed by atoms with Crippen molar-refractivity contribution >= 4 is 107 Å². The van der Waals surface area contributed by atoms with E-state index in [0.717, 1.165) is 25.3 Å². The molecule has 0 atom stereocenters. The molecule has 0 amide bonds. The van der Waals surface area contributed by atoms with Crippen LogP contribution < -0.4 is 10.3 Å². The second-order valence-electron chi connectivity index (χ2n) is 10.6. The van der Waals surface area contributed by atoms with Crippen molar-refractivity contribution in [2.75, 3.05) is 0 Å². The van der Waals surface area contributed by atoms with Gasteiger partial charge in [0.2, 0.25) is 20.0 Å². The van der Waals surface area contributed by atoms with Crippen LogP contribution in [0.2, 0.25) is 10.0 Å². The summed E-state index contributed by atoms with van der Waals surface area (Å²) in [5.41, 5.74) is 6.34. The number of sulfonamides is 2. The van der Waals surface area contributed by atoms with Gasteiger partial charge in [0.25, 0.3) is 5.24 Å². The normalized spacial score (nSPS) is 14.1. The summed E-state index contributed by atoms with van der Waals surface area (Å²) in [5, 5.41) is 9.16. The minimum Gasteiger partial charge on any atom is -0.289 e. The SMILES string of the molecule is NS(=O)(=O)c1cc(C(=O)Cl)ccc1Cl.NS(=O)(=O)c1cc(C(=O)c2ccc3c(c2)CCC3)ccc1Cl.[C+]1=CC2=C(C=C1)CCC2.[Cl][Al]([Cl])[Cl]. The topological polar surface area (TPSA) is 154 Å². The monoisotopic (exact) mass is 837 g/mol. The van der Waals surface area contributed by atoms with E-state index >= 15 is 0 Å². The summed E-state index contributed by atoms with van der Waals surface area (Å²) in [6.45, 7) is 0. The van der Waals surface area contributed by atoms with Crippen molar-refractivity contribution in [2.24, 2.45) is 10.3 Å². The highest BCUT2D eigenvalue weighted by atomic mass is 35.8. The van der Waals surface area contributed by atoms with Crippen molar-refractivity contribution in [3.05, 3.63) is 128 Å². The summed E-state index contributed by atoms with van der Waals surface area (Å²) in [7, 11) is 6.94. The Morgan fingerprint density at radius 1 is 0.673 bits per heavy atom. The van der Waals surface area contributed by atoms with Gasteiger partial charge in [-0.15, -0.1) is 0 Å². The highest BCUT2D eigenvalue weighted by Gasteiger charge is 2.20. The first-order valence-electron chi connectivity index (χ1n) is 14.3. The molecule has 0 fully saturated rings. The molecule has 4 N–H and O–H groups in total. The zero-order valence-corrected chi connectivity index (χ0v) is 32.8. The van der Waals surface area contributed by atoms with Crippen LogP contribution in [0.15, 0.2) is 93.8 Å². The van der Waals surface area contributed by atoms with Crippen LogP contribution in [0.3, 0.4) is 0 Å². The van der Waals surface area contributed by atoms with Crippen molar-refractivity contribution in [3.8, 4) is 0 Å². The van der Waals surface area contributed by atoms with Crippen molar-refractivity contribution in [2.45, 2.75) is 48.3 Å². The third-order valence-electron chi connectivity index (χ3n) is 7.27. The molecule has 3 aromatic carbocycles. The van der Waals surface area contributed by atoms with Crippen molar-refractivity contribution in [1.82, 2.24) is 0 Å². The average molecular weight is 840 g/mol. The summed E-state index contributed by atoms with van der Waals surface area (Å²) in [6, 6.07) is 13.3. The molecule has 3 aromatic rings. The van der Waals surface area contributed by atoms with Gasteiger partial charge >= 0.3 is 11.4 Å². The largest absolute Gasteiger partial charge is 0.643 e. The molecule has 0 heterocycles. The lowest BCUT2D eigenvalue weighted by Crippen LogP contribution is -2.14. The number of benzene rings is 3. The summed E-state index contributed by atoms with van der Waals surface area (Å²) >= 11 is 14.8. The molecule has 17 heteroatoms. The Morgan fingerprint density at radius 2 is 1.14 bits per heavy atom. The van der Waals surface area contributed by atoms with Crippen LogP contribution in [0.5, 0.6) is 0 Å². The molecule has 258 valence electrons. The smallest absolute Gasteiger partial charge is 0.289 e. The van der Waals surface area contributed by atoms with Gasteiger partial charge in [-0.05, 0) is 97.3 Å².